The van der Waals surface area contributed by atoms with Crippen LogP contribution in [0.2, 0.25) is 0 Å². The Morgan fingerprint density at radius 2 is 2.00 bits per heavy atom. The average molecular weight is 320 g/mol. The number of nitrogens with zero attached hydrogens (tertiary/aromatic N) is 1. The molecule has 3 atom stereocenters. The van der Waals surface area contributed by atoms with Gasteiger partial charge in [0.15, 0.2) is 0 Å². The van der Waals surface area contributed by atoms with Gasteiger partial charge in [-0.1, -0.05) is 0 Å². The van der Waals surface area contributed by atoms with E-state index in [2.05, 4.69) is 4.72 Å². The van der Waals surface area contributed by atoms with Crippen LogP contribution in [0.3, 0.4) is 0 Å². The molecule has 5 nitrogen and oxygen atoms in total. The van der Waals surface area contributed by atoms with Crippen LogP contribution in [0.15, 0.2) is 0 Å². The van der Waals surface area contributed by atoms with E-state index in [0.29, 0.717) is 38.8 Å². The highest BCUT2D eigenvalue weighted by molar-refractivity contribution is 7.90. The molecule has 2 aliphatic rings. The van der Waals surface area contributed by atoms with Gasteiger partial charge >= 0.3 is 6.09 Å². The molecule has 0 radical (unpaired) electrons. The summed E-state index contributed by atoms with van der Waals surface area (Å²) in [6.45, 7) is 6.53. The van der Waals surface area contributed by atoms with Crippen molar-refractivity contribution >= 4 is 17.5 Å². The van der Waals surface area contributed by atoms with Gasteiger partial charge in [-0.05, 0) is 51.9 Å². The number of nitrogens with one attached hydrogen (secondary N) is 1. The molecule has 21 heavy (non-hydrogen) atoms. The highest BCUT2D eigenvalue weighted by Crippen LogP contribution is 2.48. The summed E-state index contributed by atoms with van der Waals surface area (Å²) in [6.07, 6.45) is 0.282. The van der Waals surface area contributed by atoms with Gasteiger partial charge in [0.25, 0.3) is 0 Å². The number of likely N-dealkylation sites (tertiary alicyclic amines) is 1. The van der Waals surface area contributed by atoms with Crippen molar-refractivity contribution in [3.8, 4) is 0 Å². The zero-order valence-corrected chi connectivity index (χ0v) is 13.7. The molecule has 0 unspecified atom stereocenters. The Morgan fingerprint density at radius 1 is 1.43 bits per heavy atom. The molecular weight excluding hydrogens is 295 g/mol. The molecular formula is C14H25FN2O3S. The summed E-state index contributed by atoms with van der Waals surface area (Å²) in [5, 5.41) is 9.03. The Kier molecular flexibility index (Phi) is 4.75. The van der Waals surface area contributed by atoms with Crippen molar-refractivity contribution in [3.63, 3.8) is 0 Å². The minimum atomic E-state index is -1.23. The van der Waals surface area contributed by atoms with Crippen LogP contribution < -0.4 is 4.72 Å². The summed E-state index contributed by atoms with van der Waals surface area (Å²) >= 11 is -1.23. The predicted molar refractivity (Wildman–Crippen MR) is 80.2 cm³/mol. The number of hydrogen-bond acceptors (Lipinski definition) is 3. The lowest BCUT2D eigenvalue weighted by Crippen LogP contribution is -2.53. The average Bonchev–Trinajstić information content (AvgIpc) is 2.64. The van der Waals surface area contributed by atoms with E-state index in [0.717, 1.165) is 0 Å². The standard InChI is InChI=1S/C14H25FN2O3S/c1-13(2,3)21(20)16-11-8-10(15)9-14(11)4-6-17(7-5-14)12(18)19/h10-11,16H,4-9H2,1-3H3,(H,18,19)/t10-,11-,21-/m1/s1. The molecule has 1 saturated carbocycles. The third kappa shape index (κ3) is 3.63. The second kappa shape index (κ2) is 5.93. The third-order valence-corrected chi connectivity index (χ3v) is 6.30. The van der Waals surface area contributed by atoms with Crippen LogP contribution in [0.1, 0.15) is 46.5 Å². The lowest BCUT2D eigenvalue weighted by atomic mass is 9.74. The van der Waals surface area contributed by atoms with E-state index in [1.807, 2.05) is 20.8 Å². The molecule has 0 bridgehead atoms. The molecule has 7 heteroatoms. The van der Waals surface area contributed by atoms with Gasteiger partial charge in [-0.2, -0.15) is 0 Å². The van der Waals surface area contributed by atoms with Crippen LogP contribution in [-0.4, -0.2) is 50.7 Å². The fourth-order valence-electron chi connectivity index (χ4n) is 3.35. The molecule has 122 valence electrons. The molecule has 2 fully saturated rings. The SMILES string of the molecule is CC(C)(C)[S@@+]([O-])N[C@@H]1C[C@@H](F)CC12CCN(C(=O)O)CC2. The van der Waals surface area contributed by atoms with E-state index in [1.54, 1.807) is 0 Å². The van der Waals surface area contributed by atoms with Crippen molar-refractivity contribution in [2.75, 3.05) is 13.1 Å². The first-order chi connectivity index (χ1) is 9.64. The van der Waals surface area contributed by atoms with E-state index in [-0.39, 0.29) is 11.5 Å². The van der Waals surface area contributed by atoms with Crippen LogP contribution in [-0.2, 0) is 11.4 Å². The maximum atomic E-state index is 13.9. The van der Waals surface area contributed by atoms with Crippen LogP contribution in [0, 0.1) is 5.41 Å². The van der Waals surface area contributed by atoms with E-state index in [1.165, 1.54) is 4.90 Å². The van der Waals surface area contributed by atoms with Crippen molar-refractivity contribution in [1.29, 1.82) is 0 Å². The van der Waals surface area contributed by atoms with E-state index in [4.69, 9.17) is 5.11 Å². The zero-order valence-electron chi connectivity index (χ0n) is 12.9. The summed E-state index contributed by atoms with van der Waals surface area (Å²) in [4.78, 5) is 12.4. The molecule has 0 aromatic heterocycles. The van der Waals surface area contributed by atoms with Crippen LogP contribution in [0.4, 0.5) is 9.18 Å². The lowest BCUT2D eigenvalue weighted by molar-refractivity contribution is 0.0777. The van der Waals surface area contributed by atoms with Crippen LogP contribution >= 0.6 is 0 Å². The molecule has 1 aliphatic heterocycles. The molecule has 1 heterocycles. The number of amides is 1. The largest absolute Gasteiger partial charge is 0.598 e. The van der Waals surface area contributed by atoms with Crippen molar-refractivity contribution in [2.45, 2.75) is 63.4 Å². The smallest absolute Gasteiger partial charge is 0.407 e. The quantitative estimate of drug-likeness (QED) is 0.766. The van der Waals surface area contributed by atoms with E-state index in [9.17, 15) is 13.7 Å². The highest BCUT2D eigenvalue weighted by Gasteiger charge is 2.51. The van der Waals surface area contributed by atoms with Gasteiger partial charge in [-0.25, -0.2) is 9.18 Å². The Morgan fingerprint density at radius 3 is 2.48 bits per heavy atom. The minimum Gasteiger partial charge on any atom is -0.598 e. The van der Waals surface area contributed by atoms with Gasteiger partial charge in [-0.3, -0.25) is 0 Å². The number of halogens is 1. The maximum Gasteiger partial charge on any atom is 0.407 e. The van der Waals surface area contributed by atoms with Crippen LogP contribution in [0.5, 0.6) is 0 Å². The van der Waals surface area contributed by atoms with Gasteiger partial charge in [0.2, 0.25) is 0 Å². The number of carbonyl (C=O) groups is 1. The van der Waals surface area contributed by atoms with Gasteiger partial charge in [0.05, 0.1) is 6.04 Å². The molecule has 0 aromatic rings. The second-order valence-electron chi connectivity index (χ2n) is 7.22. The van der Waals surface area contributed by atoms with Crippen molar-refractivity contribution in [1.82, 2.24) is 9.62 Å². The van der Waals surface area contributed by atoms with E-state index < -0.39 is 28.4 Å². The predicted octanol–water partition coefficient (Wildman–Crippen LogP) is 2.30. The monoisotopic (exact) mass is 320 g/mol. The maximum absolute atomic E-state index is 13.9. The molecule has 2 N–H and O–H groups in total. The molecule has 2 rings (SSSR count). The molecule has 1 amide bonds. The first kappa shape index (κ1) is 16.8. The highest BCUT2D eigenvalue weighted by atomic mass is 32.2. The summed E-state index contributed by atoms with van der Waals surface area (Å²) in [7, 11) is 0. The molecule has 1 saturated heterocycles. The number of alkyl halides is 1. The van der Waals surface area contributed by atoms with E-state index >= 15 is 0 Å². The normalized spacial score (nSPS) is 30.6. The second-order valence-corrected chi connectivity index (χ2v) is 9.22. The number of piperidine rings is 1. The Balaban J connectivity index is 2.05. The fourth-order valence-corrected chi connectivity index (χ4v) is 4.31. The number of rotatable bonds is 2. The van der Waals surface area contributed by atoms with Gasteiger partial charge in [-0.15, -0.1) is 4.72 Å². The summed E-state index contributed by atoms with van der Waals surface area (Å²) < 4.78 is 29.0. The summed E-state index contributed by atoms with van der Waals surface area (Å²) in [5.74, 6) is 0. The number of hydrogen-bond donors (Lipinski definition) is 2. The molecule has 0 aromatic carbocycles. The van der Waals surface area contributed by atoms with Gasteiger partial charge < -0.3 is 14.6 Å². The van der Waals surface area contributed by atoms with Crippen LogP contribution in [0.25, 0.3) is 0 Å². The third-order valence-electron chi connectivity index (χ3n) is 4.69. The lowest BCUT2D eigenvalue weighted by Gasteiger charge is -2.42. The minimum absolute atomic E-state index is 0.136. The Labute approximate surface area is 128 Å². The first-order valence-electron chi connectivity index (χ1n) is 7.44. The zero-order chi connectivity index (χ0) is 15.8. The first-order valence-corrected chi connectivity index (χ1v) is 8.59. The van der Waals surface area contributed by atoms with Gasteiger partial charge in [0.1, 0.15) is 10.9 Å². The van der Waals surface area contributed by atoms with Crippen molar-refractivity contribution in [2.24, 2.45) is 5.41 Å². The topological polar surface area (TPSA) is 75.6 Å². The fraction of sp³-hybridized carbons (Fsp3) is 0.929. The van der Waals surface area contributed by atoms with Gasteiger partial charge in [0, 0.05) is 24.5 Å². The Bertz CT molecular complexity index is 394. The van der Waals surface area contributed by atoms with Crippen molar-refractivity contribution < 1.29 is 18.8 Å². The number of carboxylic acid groups (broad SMARTS) is 1. The summed E-state index contributed by atoms with van der Waals surface area (Å²) in [6, 6.07) is -0.136. The summed E-state index contributed by atoms with van der Waals surface area (Å²) in [5.41, 5.74) is -0.258. The van der Waals surface area contributed by atoms with Crippen molar-refractivity contribution in [3.05, 3.63) is 0 Å². The molecule has 1 aliphatic carbocycles. The molecule has 1 spiro atoms. The Hall–Kier alpha value is -0.530.